The maximum atomic E-state index is 12.8. The molecule has 0 aromatic heterocycles. The number of benzene rings is 1. The van der Waals surface area contributed by atoms with Crippen LogP contribution in [0.15, 0.2) is 24.3 Å². The second-order valence-electron chi connectivity index (χ2n) is 5.40. The molecule has 22 heavy (non-hydrogen) atoms. The van der Waals surface area contributed by atoms with Crippen LogP contribution >= 0.6 is 0 Å². The van der Waals surface area contributed by atoms with Crippen LogP contribution in [-0.2, 0) is 4.79 Å². The van der Waals surface area contributed by atoms with Crippen molar-refractivity contribution in [2.45, 2.75) is 12.8 Å². The zero-order valence-corrected chi connectivity index (χ0v) is 12.7. The third-order valence-corrected chi connectivity index (χ3v) is 3.78. The molecule has 1 aliphatic heterocycles. The van der Waals surface area contributed by atoms with Gasteiger partial charge in [-0.3, -0.25) is 9.69 Å². The molecule has 0 radical (unpaired) electrons. The molecule has 0 spiro atoms. The van der Waals surface area contributed by atoms with Gasteiger partial charge in [0.15, 0.2) is 6.61 Å². The molecule has 1 fully saturated rings. The Hall–Kier alpha value is -1.66. The van der Waals surface area contributed by atoms with Crippen molar-refractivity contribution in [3.8, 4) is 5.75 Å². The smallest absolute Gasteiger partial charge is 0.260 e. The van der Waals surface area contributed by atoms with Crippen LogP contribution in [0.5, 0.6) is 5.75 Å². The highest BCUT2D eigenvalue weighted by molar-refractivity contribution is 5.77. The number of unbranched alkanes of at least 4 members (excludes halogenated alkanes) is 1. The largest absolute Gasteiger partial charge is 0.484 e. The number of hydrogen-bond donors (Lipinski definition) is 1. The minimum absolute atomic E-state index is 0.0177. The molecular formula is C16H23FN2O3. The molecule has 0 unspecified atom stereocenters. The van der Waals surface area contributed by atoms with Crippen molar-refractivity contribution in [2.24, 2.45) is 0 Å². The molecule has 1 saturated heterocycles. The highest BCUT2D eigenvalue weighted by Crippen LogP contribution is 2.11. The molecule has 1 N–H and O–H groups in total. The van der Waals surface area contributed by atoms with E-state index in [9.17, 15) is 9.18 Å². The molecule has 2 rings (SSSR count). The Morgan fingerprint density at radius 1 is 1.14 bits per heavy atom. The van der Waals surface area contributed by atoms with Gasteiger partial charge in [0.2, 0.25) is 0 Å². The lowest BCUT2D eigenvalue weighted by Crippen LogP contribution is -2.50. The SMILES string of the molecule is O=C(COc1ccc(F)cc1)N1CCN(CCCCO)CC1. The molecule has 1 amide bonds. The maximum Gasteiger partial charge on any atom is 0.260 e. The number of hydrogen-bond acceptors (Lipinski definition) is 4. The summed E-state index contributed by atoms with van der Waals surface area (Å²) in [6, 6.07) is 5.65. The molecule has 0 atom stereocenters. The van der Waals surface area contributed by atoms with E-state index < -0.39 is 0 Å². The summed E-state index contributed by atoms with van der Waals surface area (Å²) in [5.41, 5.74) is 0. The first-order chi connectivity index (χ1) is 10.7. The number of rotatable bonds is 7. The molecule has 1 aromatic carbocycles. The van der Waals surface area contributed by atoms with Crippen molar-refractivity contribution in [1.29, 1.82) is 0 Å². The number of aliphatic hydroxyl groups is 1. The van der Waals surface area contributed by atoms with Crippen LogP contribution in [0.25, 0.3) is 0 Å². The van der Waals surface area contributed by atoms with Gasteiger partial charge in [-0.25, -0.2) is 4.39 Å². The zero-order valence-electron chi connectivity index (χ0n) is 12.7. The number of halogens is 1. The quantitative estimate of drug-likeness (QED) is 0.767. The summed E-state index contributed by atoms with van der Waals surface area (Å²) in [5, 5.41) is 8.77. The Balaban J connectivity index is 1.67. The van der Waals surface area contributed by atoms with Crippen molar-refractivity contribution in [2.75, 3.05) is 45.9 Å². The standard InChI is InChI=1S/C16H23FN2O3/c17-14-3-5-15(6-4-14)22-13-16(21)19-10-8-18(9-11-19)7-1-2-12-20/h3-6,20H,1-2,7-13H2. The number of carbonyl (C=O) groups is 1. The number of aliphatic hydroxyl groups excluding tert-OH is 1. The van der Waals surface area contributed by atoms with Crippen LogP contribution in [0.2, 0.25) is 0 Å². The monoisotopic (exact) mass is 310 g/mol. The van der Waals surface area contributed by atoms with Crippen LogP contribution in [0.3, 0.4) is 0 Å². The van der Waals surface area contributed by atoms with E-state index in [0.29, 0.717) is 18.8 Å². The van der Waals surface area contributed by atoms with Gasteiger partial charge in [-0.05, 0) is 43.7 Å². The van der Waals surface area contributed by atoms with Crippen molar-refractivity contribution in [1.82, 2.24) is 9.80 Å². The number of piperazine rings is 1. The topological polar surface area (TPSA) is 53.0 Å². The molecule has 122 valence electrons. The fourth-order valence-corrected chi connectivity index (χ4v) is 2.44. The Labute approximate surface area is 130 Å². The van der Waals surface area contributed by atoms with Gasteiger partial charge in [0.05, 0.1) is 0 Å². The predicted octanol–water partition coefficient (Wildman–Crippen LogP) is 1.12. The van der Waals surface area contributed by atoms with Gasteiger partial charge in [0.1, 0.15) is 11.6 Å². The van der Waals surface area contributed by atoms with Crippen molar-refractivity contribution >= 4 is 5.91 Å². The molecule has 5 nitrogen and oxygen atoms in total. The first kappa shape index (κ1) is 16.7. The number of carbonyl (C=O) groups excluding carboxylic acids is 1. The normalized spacial score (nSPS) is 15.8. The Bertz CT molecular complexity index is 459. The van der Waals surface area contributed by atoms with Crippen LogP contribution in [0.4, 0.5) is 4.39 Å². The van der Waals surface area contributed by atoms with Gasteiger partial charge < -0.3 is 14.7 Å². The maximum absolute atomic E-state index is 12.8. The molecule has 1 aromatic rings. The molecule has 0 saturated carbocycles. The summed E-state index contributed by atoms with van der Waals surface area (Å²) in [7, 11) is 0. The summed E-state index contributed by atoms with van der Waals surface area (Å²) in [6.07, 6.45) is 1.81. The van der Waals surface area contributed by atoms with Gasteiger partial charge in [0.25, 0.3) is 5.91 Å². The van der Waals surface area contributed by atoms with Crippen LogP contribution in [-0.4, -0.2) is 66.8 Å². The lowest BCUT2D eigenvalue weighted by molar-refractivity contribution is -0.135. The van der Waals surface area contributed by atoms with E-state index in [0.717, 1.165) is 32.5 Å². The molecular weight excluding hydrogens is 287 g/mol. The number of amides is 1. The molecule has 6 heteroatoms. The first-order valence-corrected chi connectivity index (χ1v) is 7.68. The average molecular weight is 310 g/mol. The fourth-order valence-electron chi connectivity index (χ4n) is 2.44. The fraction of sp³-hybridized carbons (Fsp3) is 0.562. The van der Waals surface area contributed by atoms with Crippen molar-refractivity contribution in [3.05, 3.63) is 30.1 Å². The Kier molecular flexibility index (Phi) is 6.61. The second-order valence-corrected chi connectivity index (χ2v) is 5.40. The van der Waals surface area contributed by atoms with Crippen molar-refractivity contribution in [3.63, 3.8) is 0 Å². The van der Waals surface area contributed by atoms with E-state index in [2.05, 4.69) is 4.90 Å². The minimum atomic E-state index is -0.323. The van der Waals surface area contributed by atoms with E-state index in [1.165, 1.54) is 24.3 Å². The minimum Gasteiger partial charge on any atom is -0.484 e. The van der Waals surface area contributed by atoms with Gasteiger partial charge >= 0.3 is 0 Å². The van der Waals surface area contributed by atoms with Gasteiger partial charge in [-0.2, -0.15) is 0 Å². The third-order valence-electron chi connectivity index (χ3n) is 3.78. The van der Waals surface area contributed by atoms with Crippen molar-refractivity contribution < 1.29 is 19.0 Å². The Morgan fingerprint density at radius 2 is 1.82 bits per heavy atom. The van der Waals surface area contributed by atoms with E-state index >= 15 is 0 Å². The molecule has 0 bridgehead atoms. The third kappa shape index (κ3) is 5.27. The van der Waals surface area contributed by atoms with Gasteiger partial charge in [-0.1, -0.05) is 0 Å². The summed E-state index contributed by atoms with van der Waals surface area (Å²) in [6.45, 7) is 4.29. The summed E-state index contributed by atoms with van der Waals surface area (Å²) in [5.74, 6) is 0.132. The van der Waals surface area contributed by atoms with E-state index in [1.807, 2.05) is 0 Å². The van der Waals surface area contributed by atoms with E-state index in [4.69, 9.17) is 9.84 Å². The highest BCUT2D eigenvalue weighted by Gasteiger charge is 2.20. The van der Waals surface area contributed by atoms with Gasteiger partial charge in [-0.15, -0.1) is 0 Å². The summed E-state index contributed by atoms with van der Waals surface area (Å²) >= 11 is 0. The lowest BCUT2D eigenvalue weighted by Gasteiger charge is -2.34. The number of nitrogens with zero attached hydrogens (tertiary/aromatic N) is 2. The lowest BCUT2D eigenvalue weighted by atomic mass is 10.2. The number of ether oxygens (including phenoxy) is 1. The molecule has 1 aliphatic rings. The second kappa shape index (κ2) is 8.70. The van der Waals surface area contributed by atoms with Gasteiger partial charge in [0, 0.05) is 32.8 Å². The van der Waals surface area contributed by atoms with E-state index in [-0.39, 0.29) is 24.9 Å². The molecule has 1 heterocycles. The van der Waals surface area contributed by atoms with Crippen LogP contribution in [0, 0.1) is 5.82 Å². The van der Waals surface area contributed by atoms with Crippen LogP contribution in [0.1, 0.15) is 12.8 Å². The predicted molar refractivity (Wildman–Crippen MR) is 81.2 cm³/mol. The van der Waals surface area contributed by atoms with E-state index in [1.54, 1.807) is 4.90 Å². The Morgan fingerprint density at radius 3 is 2.45 bits per heavy atom. The average Bonchev–Trinajstić information content (AvgIpc) is 2.55. The molecule has 0 aliphatic carbocycles. The van der Waals surface area contributed by atoms with Crippen LogP contribution < -0.4 is 4.74 Å². The summed E-state index contributed by atoms with van der Waals surface area (Å²) in [4.78, 5) is 16.2. The highest BCUT2D eigenvalue weighted by atomic mass is 19.1. The zero-order chi connectivity index (χ0) is 15.8. The first-order valence-electron chi connectivity index (χ1n) is 7.68. The summed E-state index contributed by atoms with van der Waals surface area (Å²) < 4.78 is 18.2.